The van der Waals surface area contributed by atoms with Crippen LogP contribution in [0.25, 0.3) is 0 Å². The Bertz CT molecular complexity index is 359. The van der Waals surface area contributed by atoms with Gasteiger partial charge in [0, 0.05) is 6.42 Å². The number of rotatable bonds is 6. The molecule has 20 heavy (non-hydrogen) atoms. The van der Waals surface area contributed by atoms with Crippen LogP contribution in [0.3, 0.4) is 0 Å². The molecule has 0 aromatic carbocycles. The summed E-state index contributed by atoms with van der Waals surface area (Å²) in [6, 6.07) is 0. The minimum atomic E-state index is -0.216. The highest BCUT2D eigenvalue weighted by Gasteiger charge is 2.34. The number of ether oxygens (including phenoxy) is 3. The second kappa shape index (κ2) is 6.72. The van der Waals surface area contributed by atoms with Gasteiger partial charge in [-0.25, -0.2) is 0 Å². The molecular weight excluding hydrogens is 256 g/mol. The number of hydrogen-bond acceptors (Lipinski definition) is 4. The maximum Gasteiger partial charge on any atom is 0.306 e. The summed E-state index contributed by atoms with van der Waals surface area (Å²) < 4.78 is 15.5. The van der Waals surface area contributed by atoms with E-state index in [4.69, 9.17) is 14.2 Å². The van der Waals surface area contributed by atoms with E-state index >= 15 is 0 Å². The van der Waals surface area contributed by atoms with Crippen LogP contribution in [0.15, 0.2) is 12.2 Å². The third kappa shape index (κ3) is 3.61. The van der Waals surface area contributed by atoms with Gasteiger partial charge >= 0.3 is 5.97 Å². The molecule has 4 heteroatoms. The molecular formula is C16H24O4. The smallest absolute Gasteiger partial charge is 0.306 e. The first kappa shape index (κ1) is 14.1. The van der Waals surface area contributed by atoms with Crippen LogP contribution in [0, 0.1) is 17.8 Å². The average molecular weight is 280 g/mol. The van der Waals surface area contributed by atoms with Gasteiger partial charge in [-0.05, 0) is 43.4 Å². The first-order valence-corrected chi connectivity index (χ1v) is 7.84. The van der Waals surface area contributed by atoms with Crippen molar-refractivity contribution >= 4 is 5.97 Å². The van der Waals surface area contributed by atoms with Gasteiger partial charge in [-0.3, -0.25) is 4.79 Å². The van der Waals surface area contributed by atoms with Crippen molar-refractivity contribution in [1.29, 1.82) is 0 Å². The Labute approximate surface area is 120 Å². The fourth-order valence-corrected chi connectivity index (χ4v) is 3.68. The summed E-state index contributed by atoms with van der Waals surface area (Å²) in [6.45, 7) is 1.23. The van der Waals surface area contributed by atoms with Crippen molar-refractivity contribution in [1.82, 2.24) is 0 Å². The van der Waals surface area contributed by atoms with Crippen LogP contribution < -0.4 is 0 Å². The molecule has 1 heterocycles. The molecule has 0 aromatic heterocycles. The molecule has 3 unspecified atom stereocenters. The van der Waals surface area contributed by atoms with Crippen molar-refractivity contribution in [3.63, 3.8) is 0 Å². The van der Waals surface area contributed by atoms with Gasteiger partial charge in [-0.1, -0.05) is 18.6 Å². The molecule has 0 aromatic rings. The summed E-state index contributed by atoms with van der Waals surface area (Å²) in [5.41, 5.74) is 0. The van der Waals surface area contributed by atoms with E-state index in [9.17, 15) is 4.79 Å². The number of esters is 1. The molecule has 3 aliphatic rings. The topological polar surface area (TPSA) is 44.8 Å². The van der Waals surface area contributed by atoms with Gasteiger partial charge in [0.05, 0.1) is 13.2 Å². The van der Waals surface area contributed by atoms with E-state index in [2.05, 4.69) is 12.2 Å². The molecule has 2 bridgehead atoms. The van der Waals surface area contributed by atoms with Crippen molar-refractivity contribution in [2.45, 2.75) is 44.6 Å². The van der Waals surface area contributed by atoms with Crippen LogP contribution in [0.5, 0.6) is 0 Å². The van der Waals surface area contributed by atoms with Gasteiger partial charge in [-0.15, -0.1) is 0 Å². The average Bonchev–Trinajstić information content (AvgIpc) is 3.07. The Balaban J connectivity index is 1.26. The maximum absolute atomic E-state index is 11.7. The number of allylic oxidation sites excluding steroid dienone is 2. The first-order chi connectivity index (χ1) is 9.81. The summed E-state index contributed by atoms with van der Waals surface area (Å²) >= 11 is 0. The zero-order valence-corrected chi connectivity index (χ0v) is 12.0. The summed E-state index contributed by atoms with van der Waals surface area (Å²) in [6.07, 6.45) is 11.1. The van der Waals surface area contributed by atoms with Gasteiger partial charge in [0.25, 0.3) is 0 Å². The molecule has 2 aliphatic carbocycles. The van der Waals surface area contributed by atoms with E-state index < -0.39 is 0 Å². The highest BCUT2D eigenvalue weighted by Crippen LogP contribution is 2.45. The van der Waals surface area contributed by atoms with Crippen molar-refractivity contribution in [3.8, 4) is 0 Å². The molecule has 112 valence electrons. The largest absolute Gasteiger partial charge is 0.457 e. The van der Waals surface area contributed by atoms with E-state index in [-0.39, 0.29) is 12.1 Å². The van der Waals surface area contributed by atoms with Gasteiger partial charge in [-0.2, -0.15) is 0 Å². The molecule has 1 aliphatic heterocycles. The van der Waals surface area contributed by atoms with Crippen molar-refractivity contribution in [3.05, 3.63) is 12.2 Å². The summed E-state index contributed by atoms with van der Waals surface area (Å²) in [7, 11) is 0. The minimum absolute atomic E-state index is 0.114. The predicted molar refractivity (Wildman–Crippen MR) is 74.0 cm³/mol. The fraction of sp³-hybridized carbons (Fsp3) is 0.812. The van der Waals surface area contributed by atoms with Crippen molar-refractivity contribution < 1.29 is 19.0 Å². The lowest BCUT2D eigenvalue weighted by Gasteiger charge is -2.22. The van der Waals surface area contributed by atoms with Gasteiger partial charge in [0.15, 0.2) is 0 Å². The molecule has 3 atom stereocenters. The maximum atomic E-state index is 11.7. The molecule has 2 fully saturated rings. The van der Waals surface area contributed by atoms with Crippen LogP contribution in [-0.2, 0) is 19.0 Å². The minimum Gasteiger partial charge on any atom is -0.457 e. The predicted octanol–water partition coefficient (Wildman–Crippen LogP) is 2.68. The number of fused-ring (bicyclic) bond motifs is 2. The molecule has 3 rings (SSSR count). The zero-order chi connectivity index (χ0) is 13.8. The molecule has 1 saturated carbocycles. The van der Waals surface area contributed by atoms with E-state index in [1.54, 1.807) is 0 Å². The lowest BCUT2D eigenvalue weighted by Crippen LogP contribution is -2.33. The van der Waals surface area contributed by atoms with Crippen molar-refractivity contribution in [2.75, 3.05) is 20.0 Å². The van der Waals surface area contributed by atoms with Crippen molar-refractivity contribution in [2.24, 2.45) is 17.8 Å². The quantitative estimate of drug-likeness (QED) is 0.426. The van der Waals surface area contributed by atoms with E-state index in [0.717, 1.165) is 30.6 Å². The van der Waals surface area contributed by atoms with E-state index in [1.807, 2.05) is 0 Å². The third-order valence-electron chi connectivity index (χ3n) is 4.69. The Morgan fingerprint density at radius 2 is 2.00 bits per heavy atom. The molecule has 0 N–H and O–H groups in total. The first-order valence-electron chi connectivity index (χ1n) is 7.84. The molecule has 1 saturated heterocycles. The SMILES string of the molecule is O=C(CCCCC1CC2C=CC1C2)OC1COCOC1. The highest BCUT2D eigenvalue weighted by atomic mass is 16.7. The standard InChI is InChI=1S/C16H24O4/c17-16(20-15-9-18-11-19-10-15)4-2-1-3-13-7-12-5-6-14(13)8-12/h5-6,12-15H,1-4,7-11H2. The molecule has 0 radical (unpaired) electrons. The van der Waals surface area contributed by atoms with Gasteiger partial charge in [0.2, 0.25) is 0 Å². The van der Waals surface area contributed by atoms with E-state index in [1.165, 1.54) is 19.3 Å². The third-order valence-corrected chi connectivity index (χ3v) is 4.69. The fourth-order valence-electron chi connectivity index (χ4n) is 3.68. The lowest BCUT2D eigenvalue weighted by molar-refractivity contribution is -0.183. The number of carbonyl (C=O) groups is 1. The summed E-state index contributed by atoms with van der Waals surface area (Å²) in [4.78, 5) is 11.7. The van der Waals surface area contributed by atoms with E-state index in [0.29, 0.717) is 26.4 Å². The Morgan fingerprint density at radius 1 is 1.15 bits per heavy atom. The monoisotopic (exact) mass is 280 g/mol. The number of hydrogen-bond donors (Lipinski definition) is 0. The normalized spacial score (nSPS) is 32.7. The lowest BCUT2D eigenvalue weighted by atomic mass is 9.89. The molecule has 0 amide bonds. The van der Waals surface area contributed by atoms with Crippen LogP contribution in [0.2, 0.25) is 0 Å². The summed E-state index contributed by atoms with van der Waals surface area (Å²) in [5, 5.41) is 0. The Kier molecular flexibility index (Phi) is 4.73. The van der Waals surface area contributed by atoms with Crippen LogP contribution in [0.1, 0.15) is 38.5 Å². The van der Waals surface area contributed by atoms with Gasteiger partial charge in [0.1, 0.15) is 12.9 Å². The molecule has 0 spiro atoms. The number of unbranched alkanes of at least 4 members (excludes halogenated alkanes) is 1. The van der Waals surface area contributed by atoms with Crippen LogP contribution in [0.4, 0.5) is 0 Å². The second-order valence-corrected chi connectivity index (χ2v) is 6.26. The van der Waals surface area contributed by atoms with Gasteiger partial charge < -0.3 is 14.2 Å². The van der Waals surface area contributed by atoms with Crippen LogP contribution >= 0.6 is 0 Å². The molecule has 4 nitrogen and oxygen atoms in total. The summed E-state index contributed by atoms with van der Waals surface area (Å²) in [5.74, 6) is 2.42. The Hall–Kier alpha value is -0.870. The Morgan fingerprint density at radius 3 is 2.70 bits per heavy atom. The second-order valence-electron chi connectivity index (χ2n) is 6.26. The zero-order valence-electron chi connectivity index (χ0n) is 12.0. The highest BCUT2D eigenvalue weighted by molar-refractivity contribution is 5.69. The van der Waals surface area contributed by atoms with Crippen LogP contribution in [-0.4, -0.2) is 32.1 Å². The number of carbonyl (C=O) groups excluding carboxylic acids is 1.